The smallest absolute Gasteiger partial charge is 0.261 e. The summed E-state index contributed by atoms with van der Waals surface area (Å²) in [4.78, 5) is 23.1. The number of halogens is 3. The summed E-state index contributed by atoms with van der Waals surface area (Å²) in [6.07, 6.45) is 1.61. The van der Waals surface area contributed by atoms with Gasteiger partial charge in [-0.3, -0.25) is 14.7 Å². The van der Waals surface area contributed by atoms with Gasteiger partial charge in [0, 0.05) is 12.3 Å². The Labute approximate surface area is 168 Å². The molecule has 0 N–H and O–H groups in total. The molecule has 4 nitrogen and oxygen atoms in total. The number of hydrogen-bond acceptors (Lipinski definition) is 4. The summed E-state index contributed by atoms with van der Waals surface area (Å²) in [5.41, 5.74) is 0.916. The van der Waals surface area contributed by atoms with E-state index in [-0.39, 0.29) is 27.8 Å². The van der Waals surface area contributed by atoms with Crippen molar-refractivity contribution in [2.45, 2.75) is 6.54 Å². The molecule has 0 saturated carbocycles. The molecule has 2 aromatic carbocycles. The Bertz CT molecular complexity index is 1170. The standard InChI is InChI=1S/C20H12ClF2N3OS/c21-15-7-2-1-6-14(15)19(27)26(11-13-5-3-4-8-24-13)20-25-18-16(23)9-12(22)10-17(18)28-20/h1-10H,11H2. The van der Waals surface area contributed by atoms with Crippen LogP contribution in [-0.2, 0) is 6.54 Å². The van der Waals surface area contributed by atoms with Crippen molar-refractivity contribution in [3.63, 3.8) is 0 Å². The van der Waals surface area contributed by atoms with Gasteiger partial charge in [0.25, 0.3) is 5.91 Å². The minimum Gasteiger partial charge on any atom is -0.278 e. The van der Waals surface area contributed by atoms with Gasteiger partial charge in [-0.15, -0.1) is 0 Å². The highest BCUT2D eigenvalue weighted by molar-refractivity contribution is 7.22. The molecule has 28 heavy (non-hydrogen) atoms. The van der Waals surface area contributed by atoms with Crippen molar-refractivity contribution >= 4 is 44.2 Å². The number of aromatic nitrogens is 2. The Balaban J connectivity index is 1.82. The largest absolute Gasteiger partial charge is 0.278 e. The van der Waals surface area contributed by atoms with Crippen molar-refractivity contribution in [3.05, 3.63) is 88.7 Å². The zero-order chi connectivity index (χ0) is 19.7. The Morgan fingerprint density at radius 2 is 1.89 bits per heavy atom. The van der Waals surface area contributed by atoms with Crippen LogP contribution in [0.5, 0.6) is 0 Å². The lowest BCUT2D eigenvalue weighted by Crippen LogP contribution is -2.31. The molecule has 2 aromatic heterocycles. The quantitative estimate of drug-likeness (QED) is 0.444. The highest BCUT2D eigenvalue weighted by Crippen LogP contribution is 2.33. The summed E-state index contributed by atoms with van der Waals surface area (Å²) in [6.45, 7) is 0.106. The molecule has 0 atom stereocenters. The van der Waals surface area contributed by atoms with Crippen LogP contribution in [0.15, 0.2) is 60.8 Å². The zero-order valence-corrected chi connectivity index (χ0v) is 15.8. The minimum absolute atomic E-state index is 0.0133. The highest BCUT2D eigenvalue weighted by Gasteiger charge is 2.24. The first-order valence-corrected chi connectivity index (χ1v) is 9.44. The third kappa shape index (κ3) is 3.58. The fraction of sp³-hybridized carbons (Fsp3) is 0.0500. The predicted octanol–water partition coefficient (Wildman–Crippen LogP) is 5.47. The normalized spacial score (nSPS) is 11.0. The van der Waals surface area contributed by atoms with E-state index < -0.39 is 17.5 Å². The Morgan fingerprint density at radius 1 is 1.11 bits per heavy atom. The molecular weight excluding hydrogens is 404 g/mol. The summed E-state index contributed by atoms with van der Waals surface area (Å²) >= 11 is 7.21. The van der Waals surface area contributed by atoms with Crippen molar-refractivity contribution in [3.8, 4) is 0 Å². The van der Waals surface area contributed by atoms with Gasteiger partial charge >= 0.3 is 0 Å². The molecule has 0 fully saturated rings. The van der Waals surface area contributed by atoms with E-state index in [0.717, 1.165) is 17.4 Å². The van der Waals surface area contributed by atoms with Gasteiger partial charge in [0.05, 0.1) is 27.5 Å². The van der Waals surface area contributed by atoms with Gasteiger partial charge in [0.1, 0.15) is 11.3 Å². The molecule has 1 amide bonds. The zero-order valence-electron chi connectivity index (χ0n) is 14.3. The fourth-order valence-corrected chi connectivity index (χ4v) is 3.94. The van der Waals surface area contributed by atoms with Crippen LogP contribution < -0.4 is 4.90 Å². The van der Waals surface area contributed by atoms with Crippen LogP contribution in [0.2, 0.25) is 5.02 Å². The number of hydrogen-bond donors (Lipinski definition) is 0. The van der Waals surface area contributed by atoms with E-state index in [9.17, 15) is 13.6 Å². The maximum Gasteiger partial charge on any atom is 0.261 e. The molecule has 0 saturated heterocycles. The third-order valence-corrected chi connectivity index (χ3v) is 5.38. The predicted molar refractivity (Wildman–Crippen MR) is 106 cm³/mol. The second-order valence-electron chi connectivity index (χ2n) is 5.92. The Hall–Kier alpha value is -2.90. The number of rotatable bonds is 4. The minimum atomic E-state index is -0.777. The second-order valence-corrected chi connectivity index (χ2v) is 7.34. The molecule has 2 heterocycles. The number of benzene rings is 2. The van der Waals surface area contributed by atoms with Crippen molar-refractivity contribution in [2.24, 2.45) is 0 Å². The number of pyridine rings is 1. The van der Waals surface area contributed by atoms with Gasteiger partial charge < -0.3 is 0 Å². The molecule has 0 radical (unpaired) electrons. The maximum atomic E-state index is 14.1. The molecule has 0 spiro atoms. The highest BCUT2D eigenvalue weighted by atomic mass is 35.5. The number of amides is 1. The van der Waals surface area contributed by atoms with E-state index >= 15 is 0 Å². The molecule has 0 aliphatic rings. The van der Waals surface area contributed by atoms with Gasteiger partial charge in [0.15, 0.2) is 10.9 Å². The van der Waals surface area contributed by atoms with Gasteiger partial charge in [-0.1, -0.05) is 41.1 Å². The van der Waals surface area contributed by atoms with E-state index in [1.807, 2.05) is 0 Å². The van der Waals surface area contributed by atoms with Crippen LogP contribution in [0, 0.1) is 11.6 Å². The van der Waals surface area contributed by atoms with Crippen LogP contribution in [0.4, 0.5) is 13.9 Å². The summed E-state index contributed by atoms with van der Waals surface area (Å²) in [5.74, 6) is -1.88. The van der Waals surface area contributed by atoms with Crippen molar-refractivity contribution in [1.82, 2.24) is 9.97 Å². The average Bonchev–Trinajstić information content (AvgIpc) is 3.11. The van der Waals surface area contributed by atoms with Gasteiger partial charge in [-0.25, -0.2) is 13.8 Å². The number of anilines is 1. The van der Waals surface area contributed by atoms with E-state index in [2.05, 4.69) is 9.97 Å². The fourth-order valence-electron chi connectivity index (χ4n) is 2.72. The summed E-state index contributed by atoms with van der Waals surface area (Å²) in [7, 11) is 0. The molecule has 0 unspecified atom stereocenters. The van der Waals surface area contributed by atoms with Crippen LogP contribution in [0.3, 0.4) is 0 Å². The monoisotopic (exact) mass is 415 g/mol. The van der Waals surface area contributed by atoms with Crippen LogP contribution in [0.1, 0.15) is 16.1 Å². The average molecular weight is 416 g/mol. The number of thiazole rings is 1. The lowest BCUT2D eigenvalue weighted by Gasteiger charge is -2.20. The third-order valence-electron chi connectivity index (χ3n) is 4.03. The summed E-state index contributed by atoms with van der Waals surface area (Å²) in [5, 5.41) is 0.520. The molecular formula is C20H12ClF2N3OS. The van der Waals surface area contributed by atoms with Crippen LogP contribution in [0.25, 0.3) is 10.2 Å². The number of carbonyl (C=O) groups is 1. The first-order valence-electron chi connectivity index (χ1n) is 8.25. The lowest BCUT2D eigenvalue weighted by atomic mass is 10.2. The van der Waals surface area contributed by atoms with E-state index in [1.165, 1.54) is 11.0 Å². The van der Waals surface area contributed by atoms with Crippen LogP contribution in [-0.4, -0.2) is 15.9 Å². The van der Waals surface area contributed by atoms with Gasteiger partial charge in [-0.2, -0.15) is 0 Å². The molecule has 8 heteroatoms. The lowest BCUT2D eigenvalue weighted by molar-refractivity contribution is 0.0985. The number of carbonyl (C=O) groups excluding carboxylic acids is 1. The summed E-state index contributed by atoms with van der Waals surface area (Å²) in [6, 6.07) is 13.9. The van der Waals surface area contributed by atoms with Crippen molar-refractivity contribution < 1.29 is 13.6 Å². The first-order chi connectivity index (χ1) is 13.5. The molecule has 0 aliphatic carbocycles. The first kappa shape index (κ1) is 18.5. The number of fused-ring (bicyclic) bond motifs is 1. The van der Waals surface area contributed by atoms with Gasteiger partial charge in [0.2, 0.25) is 0 Å². The molecule has 4 aromatic rings. The molecule has 4 rings (SSSR count). The second kappa shape index (κ2) is 7.61. The van der Waals surface area contributed by atoms with E-state index in [0.29, 0.717) is 10.4 Å². The van der Waals surface area contributed by atoms with Gasteiger partial charge in [-0.05, 0) is 30.3 Å². The Morgan fingerprint density at radius 3 is 2.64 bits per heavy atom. The SMILES string of the molecule is O=C(c1ccccc1Cl)N(Cc1ccccn1)c1nc2c(F)cc(F)cc2s1. The van der Waals surface area contributed by atoms with Crippen LogP contribution >= 0.6 is 22.9 Å². The molecule has 0 bridgehead atoms. The van der Waals surface area contributed by atoms with E-state index in [1.54, 1.807) is 48.7 Å². The maximum absolute atomic E-state index is 14.1. The van der Waals surface area contributed by atoms with Crippen molar-refractivity contribution in [2.75, 3.05) is 4.90 Å². The summed E-state index contributed by atoms with van der Waals surface area (Å²) < 4.78 is 28.0. The van der Waals surface area contributed by atoms with E-state index in [4.69, 9.17) is 11.6 Å². The Kier molecular flexibility index (Phi) is 5.02. The topological polar surface area (TPSA) is 46.1 Å². The molecule has 140 valence electrons. The van der Waals surface area contributed by atoms with Crippen molar-refractivity contribution in [1.29, 1.82) is 0 Å². The number of nitrogens with zero attached hydrogens (tertiary/aromatic N) is 3. The molecule has 0 aliphatic heterocycles.